The molecule has 1 amide bonds. The molecule has 20 heavy (non-hydrogen) atoms. The molecule has 104 valence electrons. The number of carbonyl (C=O) groups is 2. The second kappa shape index (κ2) is 5.78. The first-order chi connectivity index (χ1) is 9.38. The summed E-state index contributed by atoms with van der Waals surface area (Å²) in [6.07, 6.45) is 0. The highest BCUT2D eigenvalue weighted by molar-refractivity contribution is 7.12. The lowest BCUT2D eigenvalue weighted by molar-refractivity contribution is 0.0691. The van der Waals surface area contributed by atoms with Gasteiger partial charge in [-0.25, -0.2) is 9.78 Å². The number of anilines is 1. The molecule has 1 aromatic carbocycles. The van der Waals surface area contributed by atoms with Gasteiger partial charge in [0.15, 0.2) is 10.7 Å². The Morgan fingerprint density at radius 1 is 1.30 bits per heavy atom. The number of aromatic nitrogens is 1. The predicted octanol–water partition coefficient (Wildman–Crippen LogP) is 3.71. The SMILES string of the molecule is Cc1cc(Cl)c(NC(=O)c2nc(C(=O)O)cs2)cc1Cl. The fourth-order valence-corrected chi connectivity index (χ4v) is 2.51. The number of hydrogen-bond donors (Lipinski definition) is 2. The molecule has 0 saturated carbocycles. The molecule has 8 heteroatoms. The van der Waals surface area contributed by atoms with Crippen molar-refractivity contribution < 1.29 is 14.7 Å². The molecule has 2 N–H and O–H groups in total. The van der Waals surface area contributed by atoms with E-state index < -0.39 is 11.9 Å². The molecule has 0 bridgehead atoms. The number of carbonyl (C=O) groups excluding carboxylic acids is 1. The third-order valence-electron chi connectivity index (χ3n) is 2.41. The van der Waals surface area contributed by atoms with Crippen LogP contribution in [0.4, 0.5) is 5.69 Å². The first-order valence-electron chi connectivity index (χ1n) is 5.34. The van der Waals surface area contributed by atoms with Gasteiger partial charge in [-0.3, -0.25) is 4.79 Å². The maximum Gasteiger partial charge on any atom is 0.355 e. The summed E-state index contributed by atoms with van der Waals surface area (Å²) in [5, 5.41) is 13.4. The normalized spacial score (nSPS) is 10.3. The monoisotopic (exact) mass is 330 g/mol. The van der Waals surface area contributed by atoms with E-state index in [9.17, 15) is 9.59 Å². The van der Waals surface area contributed by atoms with Crippen LogP contribution in [0.1, 0.15) is 25.9 Å². The van der Waals surface area contributed by atoms with Gasteiger partial charge in [0, 0.05) is 10.4 Å². The number of amides is 1. The Morgan fingerprint density at radius 3 is 2.60 bits per heavy atom. The average molecular weight is 331 g/mol. The van der Waals surface area contributed by atoms with Crippen molar-refractivity contribution in [2.24, 2.45) is 0 Å². The van der Waals surface area contributed by atoms with Gasteiger partial charge in [-0.2, -0.15) is 0 Å². The maximum atomic E-state index is 11.9. The van der Waals surface area contributed by atoms with Gasteiger partial charge in [-0.15, -0.1) is 11.3 Å². The van der Waals surface area contributed by atoms with Gasteiger partial charge in [0.25, 0.3) is 5.91 Å². The third kappa shape index (κ3) is 3.09. The molecule has 2 aromatic rings. The summed E-state index contributed by atoms with van der Waals surface area (Å²) >= 11 is 12.9. The molecule has 1 aromatic heterocycles. The molecule has 0 aliphatic carbocycles. The smallest absolute Gasteiger partial charge is 0.355 e. The number of carboxylic acids is 1. The van der Waals surface area contributed by atoms with E-state index in [1.807, 2.05) is 0 Å². The van der Waals surface area contributed by atoms with Gasteiger partial charge in [0.2, 0.25) is 0 Å². The topological polar surface area (TPSA) is 79.3 Å². The van der Waals surface area contributed by atoms with Crippen molar-refractivity contribution in [3.63, 3.8) is 0 Å². The molecule has 0 aliphatic heterocycles. The first kappa shape index (κ1) is 14.8. The average Bonchev–Trinajstić information content (AvgIpc) is 2.85. The number of aryl methyl sites for hydroxylation is 1. The maximum absolute atomic E-state index is 11.9. The van der Waals surface area contributed by atoms with Crippen LogP contribution in [0.5, 0.6) is 0 Å². The zero-order valence-corrected chi connectivity index (χ0v) is 12.4. The summed E-state index contributed by atoms with van der Waals surface area (Å²) < 4.78 is 0. The summed E-state index contributed by atoms with van der Waals surface area (Å²) in [4.78, 5) is 26.4. The van der Waals surface area contributed by atoms with Gasteiger partial charge in [-0.05, 0) is 24.6 Å². The van der Waals surface area contributed by atoms with E-state index in [-0.39, 0.29) is 10.7 Å². The van der Waals surface area contributed by atoms with Crippen LogP contribution in [0.25, 0.3) is 0 Å². The summed E-state index contributed by atoms with van der Waals surface area (Å²) in [6, 6.07) is 3.16. The standard InChI is InChI=1S/C12H8Cl2N2O3S/c1-5-2-7(14)8(3-6(5)13)15-10(17)11-16-9(4-20-11)12(18)19/h2-4H,1H3,(H,15,17)(H,18,19). The molecule has 0 aliphatic rings. The highest BCUT2D eigenvalue weighted by atomic mass is 35.5. The van der Waals surface area contributed by atoms with Crippen molar-refractivity contribution in [1.29, 1.82) is 0 Å². The second-order valence-corrected chi connectivity index (χ2v) is 5.55. The Balaban J connectivity index is 2.23. The fourth-order valence-electron chi connectivity index (χ4n) is 1.39. The van der Waals surface area contributed by atoms with E-state index in [0.29, 0.717) is 15.7 Å². The van der Waals surface area contributed by atoms with Crippen LogP contribution in [0, 0.1) is 6.92 Å². The van der Waals surface area contributed by atoms with Crippen molar-refractivity contribution in [2.75, 3.05) is 5.32 Å². The molecule has 0 spiro atoms. The highest BCUT2D eigenvalue weighted by Crippen LogP contribution is 2.29. The minimum absolute atomic E-state index is 0.0372. The molecule has 0 unspecified atom stereocenters. The van der Waals surface area contributed by atoms with Crippen LogP contribution < -0.4 is 5.32 Å². The predicted molar refractivity (Wildman–Crippen MR) is 78.2 cm³/mol. The highest BCUT2D eigenvalue weighted by Gasteiger charge is 2.16. The fraction of sp³-hybridized carbons (Fsp3) is 0.0833. The van der Waals surface area contributed by atoms with E-state index in [0.717, 1.165) is 16.9 Å². The molecular weight excluding hydrogens is 323 g/mol. The van der Waals surface area contributed by atoms with Gasteiger partial charge >= 0.3 is 5.97 Å². The lowest BCUT2D eigenvalue weighted by Crippen LogP contribution is -2.12. The van der Waals surface area contributed by atoms with Crippen molar-refractivity contribution in [3.05, 3.63) is 43.8 Å². The minimum Gasteiger partial charge on any atom is -0.476 e. The lowest BCUT2D eigenvalue weighted by atomic mass is 10.2. The number of benzene rings is 1. The molecular formula is C12H8Cl2N2O3S. The minimum atomic E-state index is -1.18. The van der Waals surface area contributed by atoms with E-state index in [2.05, 4.69) is 10.3 Å². The number of halogens is 2. The van der Waals surface area contributed by atoms with Gasteiger partial charge in [0.05, 0.1) is 10.7 Å². The van der Waals surface area contributed by atoms with E-state index in [1.165, 1.54) is 11.4 Å². The molecule has 5 nitrogen and oxygen atoms in total. The lowest BCUT2D eigenvalue weighted by Gasteiger charge is -2.07. The number of thiazole rings is 1. The van der Waals surface area contributed by atoms with Crippen LogP contribution in [0.3, 0.4) is 0 Å². The quantitative estimate of drug-likeness (QED) is 0.899. The van der Waals surface area contributed by atoms with Crippen molar-refractivity contribution >= 4 is 52.1 Å². The Bertz CT molecular complexity index is 700. The number of aromatic carboxylic acids is 1. The zero-order valence-electron chi connectivity index (χ0n) is 10.1. The van der Waals surface area contributed by atoms with E-state index in [1.54, 1.807) is 13.0 Å². The Morgan fingerprint density at radius 2 is 2.00 bits per heavy atom. The Labute approximate surface area is 128 Å². The second-order valence-electron chi connectivity index (χ2n) is 3.88. The number of nitrogens with one attached hydrogen (secondary N) is 1. The number of rotatable bonds is 3. The van der Waals surface area contributed by atoms with Crippen LogP contribution >= 0.6 is 34.5 Å². The number of nitrogens with zero attached hydrogens (tertiary/aromatic N) is 1. The molecule has 2 rings (SSSR count). The molecule has 1 heterocycles. The van der Waals surface area contributed by atoms with E-state index >= 15 is 0 Å². The van der Waals surface area contributed by atoms with Crippen LogP contribution in [-0.2, 0) is 0 Å². The van der Waals surface area contributed by atoms with Gasteiger partial charge < -0.3 is 10.4 Å². The first-order valence-corrected chi connectivity index (χ1v) is 6.98. The largest absolute Gasteiger partial charge is 0.476 e. The summed E-state index contributed by atoms with van der Waals surface area (Å²) in [6.45, 7) is 1.79. The van der Waals surface area contributed by atoms with Crippen molar-refractivity contribution in [3.8, 4) is 0 Å². The molecule has 0 fully saturated rings. The number of hydrogen-bond acceptors (Lipinski definition) is 4. The molecule has 0 atom stereocenters. The van der Waals surface area contributed by atoms with Crippen LogP contribution in [0.2, 0.25) is 10.0 Å². The summed E-state index contributed by atoms with van der Waals surface area (Å²) in [7, 11) is 0. The molecule has 0 radical (unpaired) electrons. The zero-order chi connectivity index (χ0) is 14.9. The van der Waals surface area contributed by atoms with Gasteiger partial charge in [-0.1, -0.05) is 23.2 Å². The van der Waals surface area contributed by atoms with Crippen molar-refractivity contribution in [2.45, 2.75) is 6.92 Å². The Hall–Kier alpha value is -1.63. The van der Waals surface area contributed by atoms with Crippen molar-refractivity contribution in [1.82, 2.24) is 4.98 Å². The Kier molecular flexibility index (Phi) is 4.27. The van der Waals surface area contributed by atoms with Crippen LogP contribution in [0.15, 0.2) is 17.5 Å². The third-order valence-corrected chi connectivity index (χ3v) is 3.98. The molecule has 0 saturated heterocycles. The summed E-state index contributed by atoms with van der Waals surface area (Å²) in [5.41, 5.74) is 0.963. The van der Waals surface area contributed by atoms with Crippen LogP contribution in [-0.4, -0.2) is 22.0 Å². The number of carboxylic acid groups (broad SMARTS) is 1. The van der Waals surface area contributed by atoms with E-state index in [4.69, 9.17) is 28.3 Å². The summed E-state index contributed by atoms with van der Waals surface area (Å²) in [5.74, 6) is -1.72. The van der Waals surface area contributed by atoms with Gasteiger partial charge in [0.1, 0.15) is 0 Å².